The van der Waals surface area contributed by atoms with Crippen molar-refractivity contribution in [3.8, 4) is 0 Å². The van der Waals surface area contributed by atoms with Gasteiger partial charge in [-0.3, -0.25) is 9.20 Å². The number of esters is 1. The maximum atomic E-state index is 13.7. The summed E-state index contributed by atoms with van der Waals surface area (Å²) in [4.78, 5) is 33.2. The van der Waals surface area contributed by atoms with Crippen molar-refractivity contribution in [2.24, 2.45) is 5.41 Å². The molecule has 1 aliphatic rings. The number of carbonyl (C=O) groups is 2. The van der Waals surface area contributed by atoms with Crippen molar-refractivity contribution >= 4 is 23.3 Å². The lowest BCUT2D eigenvalue weighted by Crippen LogP contribution is -2.40. The molecule has 3 aromatic rings. The van der Waals surface area contributed by atoms with Gasteiger partial charge in [0.05, 0.1) is 12.7 Å². The number of ether oxygens (including phenoxy) is 2. The minimum Gasteiger partial charge on any atom is -0.467 e. The predicted molar refractivity (Wildman–Crippen MR) is 153 cm³/mol. The number of imidazole rings is 1. The Kier molecular flexibility index (Phi) is 8.26. The Morgan fingerprint density at radius 1 is 1.12 bits per heavy atom. The highest BCUT2D eigenvalue weighted by molar-refractivity contribution is 5.93. The van der Waals surface area contributed by atoms with E-state index >= 15 is 0 Å². The van der Waals surface area contributed by atoms with Crippen LogP contribution in [-0.2, 0) is 20.8 Å². The van der Waals surface area contributed by atoms with Crippen LogP contribution in [0.2, 0.25) is 0 Å². The van der Waals surface area contributed by atoms with Crippen molar-refractivity contribution in [2.45, 2.75) is 79.6 Å². The van der Waals surface area contributed by atoms with Gasteiger partial charge in [-0.25, -0.2) is 14.2 Å². The van der Waals surface area contributed by atoms with Crippen molar-refractivity contribution in [1.29, 1.82) is 0 Å². The number of nitrogens with one attached hydrogen (secondary N) is 1. The number of fused-ring (bicyclic) bond motifs is 1. The van der Waals surface area contributed by atoms with E-state index in [0.717, 1.165) is 42.9 Å². The molecule has 1 aromatic carbocycles. The zero-order valence-corrected chi connectivity index (χ0v) is 24.9. The van der Waals surface area contributed by atoms with Crippen molar-refractivity contribution in [3.05, 3.63) is 64.2 Å². The quantitative estimate of drug-likeness (QED) is 0.380. The van der Waals surface area contributed by atoms with Gasteiger partial charge in [-0.15, -0.1) is 0 Å². The number of rotatable bonds is 7. The van der Waals surface area contributed by atoms with Crippen LogP contribution in [-0.4, -0.2) is 47.1 Å². The van der Waals surface area contributed by atoms with Gasteiger partial charge < -0.3 is 19.7 Å². The standard InChI is InChI=1S/C31H41FN4O4/c1-19-15-21(9-10-22(19)32)17-33-27(37)23-18-36-24(34-23)16-20(2)25(26(29(38)39-8)40-30(3,4)5)28(36)35-13-11-31(6,7)12-14-35/h9-10,15-16,18,26H,11-14,17H2,1-8H3,(H,33,37)/t26-/m0/s1. The Balaban J connectivity index is 1.78. The summed E-state index contributed by atoms with van der Waals surface area (Å²) < 4.78 is 27.0. The second-order valence-corrected chi connectivity index (χ2v) is 12.5. The predicted octanol–water partition coefficient (Wildman–Crippen LogP) is 5.68. The van der Waals surface area contributed by atoms with Gasteiger partial charge >= 0.3 is 5.97 Å². The Labute approximate surface area is 235 Å². The number of carbonyl (C=O) groups excluding carboxylic acids is 2. The van der Waals surface area contributed by atoms with Gasteiger partial charge in [0.15, 0.2) is 6.10 Å². The zero-order chi connectivity index (χ0) is 29.4. The summed E-state index contributed by atoms with van der Waals surface area (Å²) in [5, 5.41) is 2.89. The van der Waals surface area contributed by atoms with Gasteiger partial charge in [0.1, 0.15) is 23.0 Å². The molecule has 1 amide bonds. The van der Waals surface area contributed by atoms with E-state index < -0.39 is 17.7 Å². The monoisotopic (exact) mass is 552 g/mol. The van der Waals surface area contributed by atoms with E-state index in [9.17, 15) is 14.0 Å². The molecule has 0 radical (unpaired) electrons. The lowest BCUT2D eigenvalue weighted by Gasteiger charge is -2.40. The van der Waals surface area contributed by atoms with Crippen molar-refractivity contribution in [3.63, 3.8) is 0 Å². The van der Waals surface area contributed by atoms with Crippen LogP contribution in [0.5, 0.6) is 0 Å². The van der Waals surface area contributed by atoms with E-state index in [1.807, 2.05) is 38.2 Å². The van der Waals surface area contributed by atoms with E-state index in [1.165, 1.54) is 13.2 Å². The zero-order valence-electron chi connectivity index (χ0n) is 24.9. The summed E-state index contributed by atoms with van der Waals surface area (Å²) in [6.07, 6.45) is 2.71. The lowest BCUT2D eigenvalue weighted by molar-refractivity contribution is -0.164. The Bertz CT molecular complexity index is 1410. The number of hydrogen-bond acceptors (Lipinski definition) is 6. The number of aryl methyl sites for hydroxylation is 2. The Morgan fingerprint density at radius 3 is 2.40 bits per heavy atom. The third kappa shape index (κ3) is 6.46. The number of anilines is 1. The molecule has 1 aliphatic heterocycles. The minimum absolute atomic E-state index is 0.210. The topological polar surface area (TPSA) is 85.2 Å². The molecule has 40 heavy (non-hydrogen) atoms. The fourth-order valence-corrected chi connectivity index (χ4v) is 5.10. The molecule has 9 heteroatoms. The van der Waals surface area contributed by atoms with Crippen LogP contribution in [0.4, 0.5) is 10.2 Å². The Morgan fingerprint density at radius 2 is 1.80 bits per heavy atom. The SMILES string of the molecule is COC(=O)[C@@H](OC(C)(C)C)c1c(C)cc2nc(C(=O)NCc3ccc(F)c(C)c3)cn2c1N1CCC(C)(C)CC1. The van der Waals surface area contributed by atoms with Gasteiger partial charge in [0.2, 0.25) is 0 Å². The number of hydrogen-bond donors (Lipinski definition) is 1. The van der Waals surface area contributed by atoms with Crippen LogP contribution in [0, 0.1) is 25.1 Å². The largest absolute Gasteiger partial charge is 0.467 e. The van der Waals surface area contributed by atoms with Crippen molar-refractivity contribution in [1.82, 2.24) is 14.7 Å². The van der Waals surface area contributed by atoms with E-state index in [-0.39, 0.29) is 29.4 Å². The van der Waals surface area contributed by atoms with Crippen LogP contribution in [0.15, 0.2) is 30.5 Å². The molecule has 0 bridgehead atoms. The molecular formula is C31H41FN4O4. The molecule has 0 saturated carbocycles. The van der Waals surface area contributed by atoms with Gasteiger partial charge in [-0.1, -0.05) is 26.0 Å². The molecule has 2 aromatic heterocycles. The average molecular weight is 553 g/mol. The third-order valence-corrected chi connectivity index (χ3v) is 7.45. The van der Waals surface area contributed by atoms with Gasteiger partial charge in [-0.2, -0.15) is 0 Å². The normalized spacial score (nSPS) is 16.2. The highest BCUT2D eigenvalue weighted by Crippen LogP contribution is 2.39. The number of halogens is 1. The van der Waals surface area contributed by atoms with E-state index in [1.54, 1.807) is 25.3 Å². The lowest BCUT2D eigenvalue weighted by atomic mass is 9.82. The van der Waals surface area contributed by atoms with E-state index in [2.05, 4.69) is 29.0 Å². The van der Waals surface area contributed by atoms with Gasteiger partial charge in [0, 0.05) is 31.4 Å². The first-order chi connectivity index (χ1) is 18.7. The Hall–Kier alpha value is -3.46. The number of aromatic nitrogens is 2. The molecule has 1 atom stereocenters. The summed E-state index contributed by atoms with van der Waals surface area (Å²) >= 11 is 0. The molecule has 1 N–H and O–H groups in total. The van der Waals surface area contributed by atoms with Crippen LogP contribution in [0.3, 0.4) is 0 Å². The number of pyridine rings is 1. The molecule has 1 saturated heterocycles. The first-order valence-electron chi connectivity index (χ1n) is 13.8. The average Bonchev–Trinajstić information content (AvgIpc) is 3.30. The molecule has 3 heterocycles. The molecule has 0 unspecified atom stereocenters. The number of amides is 1. The molecule has 8 nitrogen and oxygen atoms in total. The molecular weight excluding hydrogens is 511 g/mol. The fourth-order valence-electron chi connectivity index (χ4n) is 5.10. The molecule has 4 rings (SSSR count). The van der Waals surface area contributed by atoms with Crippen LogP contribution in [0.25, 0.3) is 5.65 Å². The summed E-state index contributed by atoms with van der Waals surface area (Å²) in [6, 6.07) is 6.64. The third-order valence-electron chi connectivity index (χ3n) is 7.45. The first-order valence-corrected chi connectivity index (χ1v) is 13.8. The first kappa shape index (κ1) is 29.5. The molecule has 0 aliphatic carbocycles. The smallest absolute Gasteiger partial charge is 0.339 e. The summed E-state index contributed by atoms with van der Waals surface area (Å²) in [7, 11) is 1.36. The van der Waals surface area contributed by atoms with Crippen molar-refractivity contribution in [2.75, 3.05) is 25.1 Å². The number of benzene rings is 1. The van der Waals surface area contributed by atoms with E-state index in [0.29, 0.717) is 16.8 Å². The maximum Gasteiger partial charge on any atom is 0.339 e. The van der Waals surface area contributed by atoms with Gasteiger partial charge in [-0.05, 0) is 81.7 Å². The van der Waals surface area contributed by atoms with E-state index in [4.69, 9.17) is 9.47 Å². The highest BCUT2D eigenvalue weighted by Gasteiger charge is 2.36. The fraction of sp³-hybridized carbons (Fsp3) is 0.516. The molecule has 0 spiro atoms. The summed E-state index contributed by atoms with van der Waals surface area (Å²) in [5.74, 6) is -0.323. The second kappa shape index (κ2) is 11.2. The van der Waals surface area contributed by atoms with Gasteiger partial charge in [0.25, 0.3) is 5.91 Å². The van der Waals surface area contributed by atoms with Crippen molar-refractivity contribution < 1.29 is 23.5 Å². The maximum absolute atomic E-state index is 13.7. The van der Waals surface area contributed by atoms with Crippen LogP contribution in [0.1, 0.15) is 86.3 Å². The van der Waals surface area contributed by atoms with Crippen LogP contribution >= 0.6 is 0 Å². The summed E-state index contributed by atoms with van der Waals surface area (Å²) in [5.41, 5.74) is 3.30. The van der Waals surface area contributed by atoms with Crippen LogP contribution < -0.4 is 10.2 Å². The second-order valence-electron chi connectivity index (χ2n) is 12.5. The summed E-state index contributed by atoms with van der Waals surface area (Å²) in [6.45, 7) is 15.7. The number of piperidine rings is 1. The minimum atomic E-state index is -0.958. The molecule has 1 fully saturated rings. The number of nitrogens with zero attached hydrogens (tertiary/aromatic N) is 3. The molecule has 216 valence electrons. The highest BCUT2D eigenvalue weighted by atomic mass is 19.1. The number of methoxy groups -OCH3 is 1.